The summed E-state index contributed by atoms with van der Waals surface area (Å²) < 4.78 is 0. The molecule has 5 nitrogen and oxygen atoms in total. The summed E-state index contributed by atoms with van der Waals surface area (Å²) in [7, 11) is -2.21. The van der Waals surface area contributed by atoms with Crippen LogP contribution in [0, 0.1) is 0 Å². The van der Waals surface area contributed by atoms with E-state index < -0.39 is 30.4 Å². The maximum atomic E-state index is 12.3. The van der Waals surface area contributed by atoms with Gasteiger partial charge in [-0.3, -0.25) is 0 Å². The Morgan fingerprint density at radius 2 is 1.05 bits per heavy atom. The Balaban J connectivity index is 1.39. The van der Waals surface area contributed by atoms with Crippen molar-refractivity contribution in [2.75, 3.05) is 12.7 Å². The monoisotopic (exact) mass is 515 g/mol. The van der Waals surface area contributed by atoms with E-state index in [1.807, 2.05) is 0 Å². The van der Waals surface area contributed by atoms with E-state index in [4.69, 9.17) is 0 Å². The third-order valence-corrected chi connectivity index (χ3v) is 12.0. The van der Waals surface area contributed by atoms with Crippen molar-refractivity contribution in [3.8, 4) is 17.2 Å². The van der Waals surface area contributed by atoms with Crippen LogP contribution < -0.4 is 21.2 Å². The molecule has 0 aromatic heterocycles. The van der Waals surface area contributed by atoms with Crippen molar-refractivity contribution in [3.05, 3.63) is 109 Å². The van der Waals surface area contributed by atoms with Crippen LogP contribution >= 0.6 is 7.26 Å². The second-order valence-electron chi connectivity index (χ2n) is 9.29. The Bertz CT molecular complexity index is 1180. The van der Waals surface area contributed by atoms with Gasteiger partial charge in [0.25, 0.3) is 0 Å². The summed E-state index contributed by atoms with van der Waals surface area (Å²) in [5.41, 5.74) is 0.108. The van der Waals surface area contributed by atoms with Gasteiger partial charge < -0.3 is 5.11 Å². The Kier molecular flexibility index (Phi) is 8.81. The third-order valence-electron chi connectivity index (χ3n) is 6.90. The number of benzene rings is 4. The molecule has 192 valence electrons. The Labute approximate surface area is 218 Å². The van der Waals surface area contributed by atoms with Gasteiger partial charge in [0.05, 0.1) is 0 Å². The van der Waals surface area contributed by atoms with E-state index in [-0.39, 0.29) is 5.56 Å². The summed E-state index contributed by atoms with van der Waals surface area (Å²) in [4.78, 5) is 12.3. The number of carbonyl (C=O) groups excluding carboxylic acids is 1. The third kappa shape index (κ3) is 6.12. The van der Waals surface area contributed by atoms with E-state index in [0.29, 0.717) is 6.54 Å². The molecule has 0 fully saturated rings. The number of carbonyl (C=O) groups is 1. The fourth-order valence-corrected chi connectivity index (χ4v) is 9.94. The van der Waals surface area contributed by atoms with Gasteiger partial charge in [0.15, 0.2) is 0 Å². The van der Waals surface area contributed by atoms with Crippen LogP contribution in [0.25, 0.3) is 0 Å². The first kappa shape index (κ1) is 26.2. The van der Waals surface area contributed by atoms with Crippen LogP contribution in [0.2, 0.25) is 0 Å². The number of aromatic hydroxyl groups is 3. The second-order valence-corrected chi connectivity index (χ2v) is 13.3. The van der Waals surface area contributed by atoms with Gasteiger partial charge in [0.1, 0.15) is 0 Å². The van der Waals surface area contributed by atoms with Gasteiger partial charge in [-0.05, 0) is 0 Å². The zero-order valence-corrected chi connectivity index (χ0v) is 21.8. The average molecular weight is 516 g/mol. The van der Waals surface area contributed by atoms with E-state index >= 15 is 0 Å². The molecule has 0 bridgehead atoms. The molecule has 0 spiro atoms. The molecule has 0 unspecified atom stereocenters. The van der Waals surface area contributed by atoms with Crippen LogP contribution in [0.1, 0.15) is 36.0 Å². The molecule has 0 atom stereocenters. The summed E-state index contributed by atoms with van der Waals surface area (Å²) in [6.07, 6.45) is 5.05. The van der Waals surface area contributed by atoms with Crippen LogP contribution in [0.4, 0.5) is 0 Å². The van der Waals surface area contributed by atoms with Crippen molar-refractivity contribution in [3.63, 3.8) is 0 Å². The van der Waals surface area contributed by atoms with Crippen LogP contribution in [0.5, 0.6) is 17.2 Å². The molecule has 4 rings (SSSR count). The van der Waals surface area contributed by atoms with Gasteiger partial charge in [-0.1, -0.05) is 0 Å². The van der Waals surface area contributed by atoms with Gasteiger partial charge in [-0.2, -0.15) is 0 Å². The quantitative estimate of drug-likeness (QED) is 0.131. The Hall–Kier alpha value is -3.82. The Morgan fingerprint density at radius 1 is 0.622 bits per heavy atom. The van der Waals surface area contributed by atoms with Crippen molar-refractivity contribution in [1.29, 1.82) is 0 Å². The standard InChI is InChI=1S/C31H34NO4P/c33-28-22-24(23-29(34)30(28)35)31(36)32-20-12-1-2-13-21-37(25-14-6-3-7-15-25,26-16-8-4-9-17-26)27-18-10-5-11-19-27/h3-11,14-19,22-23,33-35,37H,1-2,12-13,20-21H2,(H,32,36). The molecule has 37 heavy (non-hydrogen) atoms. The first-order valence-electron chi connectivity index (χ1n) is 12.7. The number of rotatable bonds is 11. The predicted octanol–water partition coefficient (Wildman–Crippen LogP) is 4.82. The minimum atomic E-state index is -2.21. The normalized spacial score (nSPS) is 11.7. The fourth-order valence-electron chi connectivity index (χ4n) is 5.01. The Morgan fingerprint density at radius 3 is 1.51 bits per heavy atom. The second kappa shape index (κ2) is 12.4. The molecule has 1 amide bonds. The minimum absolute atomic E-state index is 0.108. The topological polar surface area (TPSA) is 89.8 Å². The van der Waals surface area contributed by atoms with Crippen LogP contribution in [0.15, 0.2) is 103 Å². The van der Waals surface area contributed by atoms with Gasteiger partial charge in [0.2, 0.25) is 0 Å². The fraction of sp³-hybridized carbons (Fsp3) is 0.194. The molecule has 0 radical (unpaired) electrons. The zero-order valence-electron chi connectivity index (χ0n) is 20.8. The molecule has 0 aliphatic carbocycles. The molecule has 0 aliphatic rings. The van der Waals surface area contributed by atoms with Crippen molar-refractivity contribution >= 4 is 29.1 Å². The summed E-state index contributed by atoms with van der Waals surface area (Å²) in [6.45, 7) is 0.500. The molecular weight excluding hydrogens is 481 g/mol. The van der Waals surface area contributed by atoms with Crippen LogP contribution in [-0.2, 0) is 0 Å². The molecule has 4 N–H and O–H groups in total. The summed E-state index contributed by atoms with van der Waals surface area (Å²) in [6, 6.07) is 35.0. The molecule has 4 aromatic carbocycles. The molecule has 0 heterocycles. The number of amides is 1. The van der Waals surface area contributed by atoms with Crippen LogP contribution in [0.3, 0.4) is 0 Å². The van der Waals surface area contributed by atoms with Crippen molar-refractivity contribution < 1.29 is 20.1 Å². The molecule has 6 heteroatoms. The average Bonchev–Trinajstić information content (AvgIpc) is 2.94. The van der Waals surface area contributed by atoms with Gasteiger partial charge in [-0.15, -0.1) is 0 Å². The zero-order chi connectivity index (χ0) is 26.1. The summed E-state index contributed by atoms with van der Waals surface area (Å²) in [5, 5.41) is 35.8. The van der Waals surface area contributed by atoms with Crippen molar-refractivity contribution in [2.24, 2.45) is 0 Å². The number of hydrogen-bond acceptors (Lipinski definition) is 4. The van der Waals surface area contributed by atoms with E-state index in [2.05, 4.69) is 96.3 Å². The number of phenolic OH excluding ortho intramolecular Hbond substituents is 3. The van der Waals surface area contributed by atoms with E-state index in [9.17, 15) is 20.1 Å². The first-order valence-corrected chi connectivity index (χ1v) is 14.9. The molecule has 0 saturated heterocycles. The molecule has 0 saturated carbocycles. The molecular formula is C31H34NO4P. The number of nitrogens with one attached hydrogen (secondary N) is 1. The van der Waals surface area contributed by atoms with Crippen LogP contribution in [-0.4, -0.2) is 33.9 Å². The van der Waals surface area contributed by atoms with Gasteiger partial charge in [-0.25, -0.2) is 0 Å². The number of unbranched alkanes of at least 4 members (excludes halogenated alkanes) is 3. The molecule has 0 aliphatic heterocycles. The molecule has 4 aromatic rings. The summed E-state index contributed by atoms with van der Waals surface area (Å²) in [5.74, 6) is -2.06. The van der Waals surface area contributed by atoms with E-state index in [1.54, 1.807) is 0 Å². The van der Waals surface area contributed by atoms with E-state index in [1.165, 1.54) is 15.9 Å². The van der Waals surface area contributed by atoms with Crippen molar-refractivity contribution in [2.45, 2.75) is 25.7 Å². The first-order chi connectivity index (χ1) is 18.0. The van der Waals surface area contributed by atoms with Gasteiger partial charge in [0, 0.05) is 0 Å². The van der Waals surface area contributed by atoms with Gasteiger partial charge >= 0.3 is 214 Å². The number of phenols is 3. The number of hydrogen-bond donors (Lipinski definition) is 4. The van der Waals surface area contributed by atoms with Crippen molar-refractivity contribution in [1.82, 2.24) is 5.32 Å². The maximum absolute atomic E-state index is 12.3. The summed E-state index contributed by atoms with van der Waals surface area (Å²) >= 11 is 0. The van der Waals surface area contributed by atoms with E-state index in [0.717, 1.165) is 44.0 Å². The SMILES string of the molecule is O=C(NCCCCCC[PH](c1ccccc1)(c1ccccc1)c1ccccc1)c1cc(O)c(O)c(O)c1. The predicted molar refractivity (Wildman–Crippen MR) is 154 cm³/mol.